The van der Waals surface area contributed by atoms with Gasteiger partial charge in [-0.15, -0.1) is 11.3 Å². The lowest BCUT2D eigenvalue weighted by atomic mass is 10.1. The fraction of sp³-hybridized carbons (Fsp3) is 0.533. The monoisotopic (exact) mass is 338 g/mol. The first-order chi connectivity index (χ1) is 10.6. The van der Waals surface area contributed by atoms with Gasteiger partial charge in [0, 0.05) is 12.0 Å². The van der Waals surface area contributed by atoms with Crippen LogP contribution in [0, 0.1) is 0 Å². The topological polar surface area (TPSA) is 72.2 Å². The van der Waals surface area contributed by atoms with Crippen LogP contribution in [-0.2, 0) is 10.0 Å². The highest BCUT2D eigenvalue weighted by Crippen LogP contribution is 2.37. The van der Waals surface area contributed by atoms with E-state index in [4.69, 9.17) is 4.42 Å². The summed E-state index contributed by atoms with van der Waals surface area (Å²) < 4.78 is 33.3. The lowest BCUT2D eigenvalue weighted by Gasteiger charge is -2.02. The normalized spacial score (nSPS) is 19.8. The van der Waals surface area contributed by atoms with Crippen molar-refractivity contribution in [3.63, 3.8) is 0 Å². The fourth-order valence-corrected chi connectivity index (χ4v) is 5.41. The van der Waals surface area contributed by atoms with E-state index in [9.17, 15) is 8.42 Å². The van der Waals surface area contributed by atoms with Crippen molar-refractivity contribution >= 4 is 21.4 Å². The number of nitrogens with zero attached hydrogens (tertiary/aromatic N) is 1. The number of rotatable bonds is 5. The van der Waals surface area contributed by atoms with E-state index in [1.54, 1.807) is 18.3 Å². The van der Waals surface area contributed by atoms with Crippen LogP contribution in [0.3, 0.4) is 0 Å². The van der Waals surface area contributed by atoms with Crippen molar-refractivity contribution in [1.29, 1.82) is 0 Å². The van der Waals surface area contributed by atoms with Crippen LogP contribution in [-0.4, -0.2) is 19.4 Å². The Labute approximate surface area is 133 Å². The number of aromatic nitrogens is 1. The highest BCUT2D eigenvalue weighted by molar-refractivity contribution is 7.91. The van der Waals surface area contributed by atoms with Gasteiger partial charge in [0.05, 0.1) is 11.1 Å². The van der Waals surface area contributed by atoms with Crippen molar-refractivity contribution in [2.75, 3.05) is 0 Å². The van der Waals surface area contributed by atoms with Gasteiger partial charge in [0.25, 0.3) is 0 Å². The predicted octanol–water partition coefficient (Wildman–Crippen LogP) is 3.50. The molecule has 2 aliphatic rings. The van der Waals surface area contributed by atoms with Crippen molar-refractivity contribution in [2.45, 2.75) is 54.7 Å². The highest BCUT2D eigenvalue weighted by atomic mass is 32.2. The van der Waals surface area contributed by atoms with Crippen LogP contribution in [0.2, 0.25) is 0 Å². The lowest BCUT2D eigenvalue weighted by Crippen LogP contribution is -2.24. The molecule has 1 N–H and O–H groups in total. The van der Waals surface area contributed by atoms with E-state index in [1.807, 2.05) is 0 Å². The fourth-order valence-electron chi connectivity index (χ4n) is 2.84. The molecular formula is C15H18N2O3S2. The summed E-state index contributed by atoms with van der Waals surface area (Å²) in [5.41, 5.74) is 0. The number of hydrogen-bond acceptors (Lipinski definition) is 5. The van der Waals surface area contributed by atoms with Gasteiger partial charge in [-0.3, -0.25) is 0 Å². The van der Waals surface area contributed by atoms with E-state index >= 15 is 0 Å². The molecule has 4 rings (SSSR count). The third kappa shape index (κ3) is 2.85. The van der Waals surface area contributed by atoms with Gasteiger partial charge < -0.3 is 4.42 Å². The van der Waals surface area contributed by atoms with Crippen LogP contribution in [0.15, 0.2) is 27.0 Å². The minimum atomic E-state index is -3.39. The summed E-state index contributed by atoms with van der Waals surface area (Å²) >= 11 is 1.23. The predicted molar refractivity (Wildman–Crippen MR) is 84.4 cm³/mol. The molecule has 22 heavy (non-hydrogen) atoms. The Balaban J connectivity index is 1.56. The van der Waals surface area contributed by atoms with Crippen molar-refractivity contribution in [1.82, 2.24) is 9.71 Å². The zero-order valence-electron chi connectivity index (χ0n) is 12.1. The maximum atomic E-state index is 12.2. The third-order valence-electron chi connectivity index (χ3n) is 4.22. The van der Waals surface area contributed by atoms with E-state index < -0.39 is 10.0 Å². The second-order valence-electron chi connectivity index (χ2n) is 6.06. The van der Waals surface area contributed by atoms with Gasteiger partial charge in [0.1, 0.15) is 4.21 Å². The maximum absolute atomic E-state index is 12.2. The summed E-state index contributed by atoms with van der Waals surface area (Å²) in [5.74, 6) is 1.88. The molecule has 2 aromatic heterocycles. The molecule has 0 atom stereocenters. The molecule has 7 heteroatoms. The summed E-state index contributed by atoms with van der Waals surface area (Å²) in [6.07, 6.45) is 8.32. The molecule has 2 aromatic rings. The molecule has 118 valence electrons. The molecule has 0 aromatic carbocycles. The Morgan fingerprint density at radius 1 is 1.18 bits per heavy atom. The molecule has 0 spiro atoms. The highest BCUT2D eigenvalue weighted by Gasteiger charge is 2.29. The number of thiophene rings is 1. The van der Waals surface area contributed by atoms with Gasteiger partial charge in [-0.25, -0.2) is 18.1 Å². The molecular weight excluding hydrogens is 320 g/mol. The minimum absolute atomic E-state index is 0.120. The van der Waals surface area contributed by atoms with Gasteiger partial charge >= 0.3 is 0 Å². The van der Waals surface area contributed by atoms with E-state index in [1.165, 1.54) is 24.2 Å². The summed E-state index contributed by atoms with van der Waals surface area (Å²) in [7, 11) is -3.39. The zero-order chi connectivity index (χ0) is 15.2. The summed E-state index contributed by atoms with van der Waals surface area (Å²) in [6.45, 7) is 0. The van der Waals surface area contributed by atoms with E-state index in [2.05, 4.69) is 9.71 Å². The molecule has 0 amide bonds. The van der Waals surface area contributed by atoms with Crippen molar-refractivity contribution in [3.05, 3.63) is 24.2 Å². The van der Waals surface area contributed by atoms with E-state index in [-0.39, 0.29) is 6.04 Å². The molecule has 0 saturated heterocycles. The maximum Gasteiger partial charge on any atom is 0.250 e. The Hall–Kier alpha value is -1.18. The average molecular weight is 338 g/mol. The first-order valence-corrected chi connectivity index (χ1v) is 10.00. The Morgan fingerprint density at radius 2 is 1.95 bits per heavy atom. The van der Waals surface area contributed by atoms with Crippen molar-refractivity contribution in [2.24, 2.45) is 0 Å². The van der Waals surface area contributed by atoms with Crippen LogP contribution < -0.4 is 4.72 Å². The SMILES string of the molecule is O=S(=O)(NC1CC1)c1ccc(-c2cnc(C3CCCC3)o2)s1. The summed E-state index contributed by atoms with van der Waals surface area (Å²) in [4.78, 5) is 5.19. The molecule has 5 nitrogen and oxygen atoms in total. The largest absolute Gasteiger partial charge is 0.440 e. The first kappa shape index (κ1) is 14.4. The van der Waals surface area contributed by atoms with Gasteiger partial charge in [0.2, 0.25) is 10.0 Å². The smallest absolute Gasteiger partial charge is 0.250 e. The Morgan fingerprint density at radius 3 is 2.68 bits per heavy atom. The van der Waals surface area contributed by atoms with Gasteiger partial charge in [-0.05, 0) is 37.8 Å². The molecule has 0 unspecified atom stereocenters. The van der Waals surface area contributed by atoms with E-state index in [0.717, 1.165) is 36.5 Å². The van der Waals surface area contributed by atoms with E-state index in [0.29, 0.717) is 15.9 Å². The van der Waals surface area contributed by atoms with Crippen molar-refractivity contribution in [3.8, 4) is 10.6 Å². The van der Waals surface area contributed by atoms with Gasteiger partial charge in [-0.2, -0.15) is 0 Å². The Bertz CT molecular complexity index is 768. The molecule has 2 aliphatic carbocycles. The van der Waals surface area contributed by atoms with Crippen LogP contribution >= 0.6 is 11.3 Å². The van der Waals surface area contributed by atoms with Crippen LogP contribution in [0.25, 0.3) is 10.6 Å². The molecule has 0 bridgehead atoms. The molecule has 2 fully saturated rings. The molecule has 0 radical (unpaired) electrons. The molecule has 2 heterocycles. The van der Waals surface area contributed by atoms with Crippen LogP contribution in [0.1, 0.15) is 50.3 Å². The third-order valence-corrected chi connectivity index (χ3v) is 7.33. The first-order valence-electron chi connectivity index (χ1n) is 7.70. The minimum Gasteiger partial charge on any atom is -0.440 e. The number of hydrogen-bond donors (Lipinski definition) is 1. The average Bonchev–Trinajstić information content (AvgIpc) is 3.02. The quantitative estimate of drug-likeness (QED) is 0.905. The van der Waals surface area contributed by atoms with Crippen molar-refractivity contribution < 1.29 is 12.8 Å². The summed E-state index contributed by atoms with van der Waals surface area (Å²) in [5, 5.41) is 0. The molecule has 2 saturated carbocycles. The second-order valence-corrected chi connectivity index (χ2v) is 9.08. The van der Waals surface area contributed by atoms with Gasteiger partial charge in [-0.1, -0.05) is 12.8 Å². The Kier molecular flexibility index (Phi) is 3.58. The second kappa shape index (κ2) is 5.47. The zero-order valence-corrected chi connectivity index (χ0v) is 13.8. The van der Waals surface area contributed by atoms with Crippen LogP contribution in [0.5, 0.6) is 0 Å². The number of nitrogens with one attached hydrogen (secondary N) is 1. The van der Waals surface area contributed by atoms with Crippen LogP contribution in [0.4, 0.5) is 0 Å². The number of oxazole rings is 1. The van der Waals surface area contributed by atoms with Gasteiger partial charge in [0.15, 0.2) is 11.7 Å². The molecule has 0 aliphatic heterocycles. The number of sulfonamides is 1. The lowest BCUT2D eigenvalue weighted by molar-refractivity contribution is 0.458. The summed E-state index contributed by atoms with van der Waals surface area (Å²) in [6, 6.07) is 3.56. The standard InChI is InChI=1S/C15H18N2O3S2/c18-22(19,17-11-5-6-11)14-8-7-13(21-14)12-9-16-15(20-12)10-3-1-2-4-10/h7-11,17H,1-6H2.